The molecule has 1 aromatic rings. The van der Waals surface area contributed by atoms with Crippen molar-refractivity contribution in [1.82, 2.24) is 0 Å². The second-order valence-electron chi connectivity index (χ2n) is 4.83. The van der Waals surface area contributed by atoms with Gasteiger partial charge < -0.3 is 5.11 Å². The fourth-order valence-electron chi connectivity index (χ4n) is 2.67. The predicted octanol–water partition coefficient (Wildman–Crippen LogP) is 3.61. The number of halogens is 1. The molecule has 92 valence electrons. The number of aliphatic carboxylic acids is 1. The van der Waals surface area contributed by atoms with Crippen LogP contribution in [-0.2, 0) is 10.2 Å². The van der Waals surface area contributed by atoms with Crippen LogP contribution in [0.1, 0.15) is 49.9 Å². The van der Waals surface area contributed by atoms with Crippen molar-refractivity contribution in [3.05, 3.63) is 35.4 Å². The molecular weight excluding hydrogens is 219 g/mol. The van der Waals surface area contributed by atoms with Crippen LogP contribution in [0.4, 0.5) is 4.39 Å². The predicted molar refractivity (Wildman–Crippen MR) is 63.7 cm³/mol. The molecular formula is C14H17FO2. The van der Waals surface area contributed by atoms with Crippen LogP contribution in [0.2, 0.25) is 0 Å². The molecule has 2 nitrogen and oxygen atoms in total. The van der Waals surface area contributed by atoms with E-state index in [0.717, 1.165) is 18.4 Å². The number of hydrogen-bond donors (Lipinski definition) is 1. The Kier molecular flexibility index (Phi) is 3.18. The molecule has 0 amide bonds. The molecule has 17 heavy (non-hydrogen) atoms. The van der Waals surface area contributed by atoms with Crippen molar-refractivity contribution in [3.8, 4) is 0 Å². The highest BCUT2D eigenvalue weighted by Crippen LogP contribution is 2.41. The minimum Gasteiger partial charge on any atom is -0.481 e. The maximum atomic E-state index is 13.1. The van der Waals surface area contributed by atoms with Crippen LogP contribution in [0.25, 0.3) is 0 Å². The van der Waals surface area contributed by atoms with Gasteiger partial charge in [0, 0.05) is 0 Å². The van der Waals surface area contributed by atoms with Gasteiger partial charge in [-0.15, -0.1) is 0 Å². The van der Waals surface area contributed by atoms with Crippen LogP contribution in [0.5, 0.6) is 0 Å². The molecule has 1 saturated carbocycles. The van der Waals surface area contributed by atoms with Crippen molar-refractivity contribution < 1.29 is 14.3 Å². The number of alkyl halides is 1. The van der Waals surface area contributed by atoms with Crippen molar-refractivity contribution in [1.29, 1.82) is 0 Å². The second kappa shape index (κ2) is 4.47. The minimum absolute atomic E-state index is 0.604. The molecule has 1 unspecified atom stereocenters. The molecule has 0 radical (unpaired) electrons. The van der Waals surface area contributed by atoms with Gasteiger partial charge in [0.15, 0.2) is 0 Å². The maximum Gasteiger partial charge on any atom is 0.314 e. The van der Waals surface area contributed by atoms with Crippen LogP contribution in [-0.4, -0.2) is 11.1 Å². The highest BCUT2D eigenvalue weighted by atomic mass is 19.1. The number of rotatable bonds is 3. The summed E-state index contributed by atoms with van der Waals surface area (Å²) in [6, 6.07) is 6.93. The van der Waals surface area contributed by atoms with Gasteiger partial charge in [-0.1, -0.05) is 37.1 Å². The Morgan fingerprint density at radius 2 is 1.82 bits per heavy atom. The fraction of sp³-hybridized carbons (Fsp3) is 0.500. The molecule has 1 fully saturated rings. The summed E-state index contributed by atoms with van der Waals surface area (Å²) < 4.78 is 13.1. The Hall–Kier alpha value is -1.38. The van der Waals surface area contributed by atoms with Crippen molar-refractivity contribution in [3.63, 3.8) is 0 Å². The van der Waals surface area contributed by atoms with Crippen molar-refractivity contribution in [2.24, 2.45) is 0 Å². The van der Waals surface area contributed by atoms with E-state index in [0.29, 0.717) is 18.4 Å². The van der Waals surface area contributed by atoms with Crippen molar-refractivity contribution in [2.45, 2.75) is 44.2 Å². The van der Waals surface area contributed by atoms with E-state index in [4.69, 9.17) is 0 Å². The average Bonchev–Trinajstić information content (AvgIpc) is 2.79. The fourth-order valence-corrected chi connectivity index (χ4v) is 2.67. The molecule has 0 aromatic heterocycles. The Morgan fingerprint density at radius 3 is 2.24 bits per heavy atom. The molecule has 0 aliphatic heterocycles. The average molecular weight is 236 g/mol. The third kappa shape index (κ3) is 2.06. The van der Waals surface area contributed by atoms with E-state index >= 15 is 0 Å². The first-order valence-electron chi connectivity index (χ1n) is 6.04. The first-order valence-corrected chi connectivity index (χ1v) is 6.04. The molecule has 0 saturated heterocycles. The summed E-state index contributed by atoms with van der Waals surface area (Å²) in [4.78, 5) is 11.5. The van der Waals surface area contributed by atoms with E-state index in [2.05, 4.69) is 0 Å². The third-order valence-corrected chi connectivity index (χ3v) is 3.79. The Balaban J connectivity index is 2.35. The van der Waals surface area contributed by atoms with Gasteiger partial charge in [-0.3, -0.25) is 4.79 Å². The van der Waals surface area contributed by atoms with Gasteiger partial charge in [0.1, 0.15) is 6.17 Å². The lowest BCUT2D eigenvalue weighted by Gasteiger charge is -2.24. The molecule has 0 spiro atoms. The molecule has 0 heterocycles. The summed E-state index contributed by atoms with van der Waals surface area (Å²) in [7, 11) is 0. The number of carbonyl (C=O) groups is 1. The van der Waals surface area contributed by atoms with E-state index in [1.807, 2.05) is 0 Å². The van der Waals surface area contributed by atoms with E-state index in [1.54, 1.807) is 24.3 Å². The number of hydrogen-bond acceptors (Lipinski definition) is 1. The largest absolute Gasteiger partial charge is 0.481 e. The zero-order valence-corrected chi connectivity index (χ0v) is 9.95. The van der Waals surface area contributed by atoms with Gasteiger partial charge in [-0.05, 0) is 30.9 Å². The van der Waals surface area contributed by atoms with Crippen molar-refractivity contribution in [2.75, 3.05) is 0 Å². The first-order chi connectivity index (χ1) is 8.06. The Labute approximate surface area is 100 Å². The molecule has 1 aliphatic rings. The Morgan fingerprint density at radius 1 is 1.29 bits per heavy atom. The minimum atomic E-state index is -1.01. The first kappa shape index (κ1) is 12.1. The number of benzene rings is 1. The summed E-state index contributed by atoms with van der Waals surface area (Å²) in [6.45, 7) is 1.48. The second-order valence-corrected chi connectivity index (χ2v) is 4.83. The summed E-state index contributed by atoms with van der Waals surface area (Å²) in [6.07, 6.45) is 2.27. The summed E-state index contributed by atoms with van der Waals surface area (Å²) in [5, 5.41) is 9.42. The maximum absolute atomic E-state index is 13.1. The van der Waals surface area contributed by atoms with Gasteiger partial charge in [-0.2, -0.15) is 0 Å². The lowest BCUT2D eigenvalue weighted by molar-refractivity contribution is -0.143. The number of carboxylic acids is 1. The molecule has 1 N–H and O–H groups in total. The standard InChI is InChI=1S/C14H17FO2/c1-10(15)11-4-6-12(7-5-11)14(13(16)17)8-2-3-9-14/h4-7,10H,2-3,8-9H2,1H3,(H,16,17). The molecule has 1 aromatic carbocycles. The third-order valence-electron chi connectivity index (χ3n) is 3.79. The summed E-state index contributed by atoms with van der Waals surface area (Å²) in [5.74, 6) is -0.754. The summed E-state index contributed by atoms with van der Waals surface area (Å²) in [5.41, 5.74) is 0.678. The van der Waals surface area contributed by atoms with Crippen molar-refractivity contribution >= 4 is 5.97 Å². The van der Waals surface area contributed by atoms with E-state index in [9.17, 15) is 14.3 Å². The summed E-state index contributed by atoms with van der Waals surface area (Å²) >= 11 is 0. The quantitative estimate of drug-likeness (QED) is 0.870. The van der Waals surface area contributed by atoms with E-state index < -0.39 is 17.6 Å². The van der Waals surface area contributed by atoms with Gasteiger partial charge in [0.05, 0.1) is 5.41 Å². The van der Waals surface area contributed by atoms with Crippen LogP contribution >= 0.6 is 0 Å². The SMILES string of the molecule is CC(F)c1ccc(C2(C(=O)O)CCCC2)cc1. The molecule has 3 heteroatoms. The van der Waals surface area contributed by atoms with Gasteiger partial charge in [-0.25, -0.2) is 4.39 Å². The van der Waals surface area contributed by atoms with E-state index in [1.165, 1.54) is 6.92 Å². The number of carboxylic acid groups (broad SMARTS) is 1. The Bertz CT molecular complexity index is 403. The smallest absolute Gasteiger partial charge is 0.314 e. The monoisotopic (exact) mass is 236 g/mol. The van der Waals surface area contributed by atoms with Gasteiger partial charge >= 0.3 is 5.97 Å². The van der Waals surface area contributed by atoms with Crippen LogP contribution in [0.15, 0.2) is 24.3 Å². The topological polar surface area (TPSA) is 37.3 Å². The zero-order chi connectivity index (χ0) is 12.5. The lowest BCUT2D eigenvalue weighted by atomic mass is 9.78. The van der Waals surface area contributed by atoms with Crippen LogP contribution in [0, 0.1) is 0 Å². The van der Waals surface area contributed by atoms with Crippen LogP contribution in [0.3, 0.4) is 0 Å². The molecule has 2 rings (SSSR count). The highest BCUT2D eigenvalue weighted by Gasteiger charge is 2.42. The molecule has 1 aliphatic carbocycles. The molecule has 1 atom stereocenters. The normalized spacial score (nSPS) is 20.1. The van der Waals surface area contributed by atoms with Crippen LogP contribution < -0.4 is 0 Å². The van der Waals surface area contributed by atoms with Gasteiger partial charge in [0.25, 0.3) is 0 Å². The van der Waals surface area contributed by atoms with E-state index in [-0.39, 0.29) is 0 Å². The lowest BCUT2D eigenvalue weighted by Crippen LogP contribution is -2.32. The molecule has 0 bridgehead atoms. The zero-order valence-electron chi connectivity index (χ0n) is 9.95. The van der Waals surface area contributed by atoms with Gasteiger partial charge in [0.2, 0.25) is 0 Å². The highest BCUT2D eigenvalue weighted by molar-refractivity contribution is 5.81.